The van der Waals surface area contributed by atoms with Crippen molar-refractivity contribution in [2.75, 3.05) is 11.9 Å². The molecule has 100 valence electrons. The maximum Gasteiger partial charge on any atom is 0.408 e. The molecule has 0 aliphatic carbocycles. The smallest absolute Gasteiger partial charge is 0.385 e. The van der Waals surface area contributed by atoms with Crippen LogP contribution in [0, 0.1) is 10.1 Å². The Morgan fingerprint density at radius 2 is 2.37 bits per heavy atom. The molecule has 0 radical (unpaired) electrons. The lowest BCUT2D eigenvalue weighted by atomic mass is 10.3. The van der Waals surface area contributed by atoms with E-state index in [0.717, 1.165) is 17.9 Å². The summed E-state index contributed by atoms with van der Waals surface area (Å²) in [4.78, 5) is 14.2. The molecule has 8 heteroatoms. The molecular formula is C11H12ClN5O2. The number of hydrogen-bond donors (Lipinski definition) is 1. The third-order valence-corrected chi connectivity index (χ3v) is 2.66. The summed E-state index contributed by atoms with van der Waals surface area (Å²) < 4.78 is 1.40. The zero-order valence-electron chi connectivity index (χ0n) is 10.2. The number of aromatic nitrogens is 3. The van der Waals surface area contributed by atoms with Gasteiger partial charge in [-0.15, -0.1) is 0 Å². The molecule has 0 fully saturated rings. The maximum atomic E-state index is 10.6. The van der Waals surface area contributed by atoms with E-state index in [1.807, 2.05) is 19.1 Å². The molecule has 1 N–H and O–H groups in total. The van der Waals surface area contributed by atoms with Gasteiger partial charge in [-0.2, -0.15) is 4.68 Å². The zero-order valence-corrected chi connectivity index (χ0v) is 11.0. The number of hydrogen-bond acceptors (Lipinski definition) is 5. The van der Waals surface area contributed by atoms with Gasteiger partial charge in [0.15, 0.2) is 5.02 Å². The van der Waals surface area contributed by atoms with Crippen molar-refractivity contribution in [2.24, 2.45) is 0 Å². The highest BCUT2D eigenvalue weighted by Crippen LogP contribution is 2.21. The SMILES string of the molecule is CCNc1ccnc(Cn2cc(Cl)c([N+](=O)[O-])n2)c1. The molecule has 0 aliphatic rings. The Kier molecular flexibility index (Phi) is 3.96. The van der Waals surface area contributed by atoms with Gasteiger partial charge >= 0.3 is 5.82 Å². The van der Waals surface area contributed by atoms with E-state index in [4.69, 9.17) is 11.6 Å². The average Bonchev–Trinajstić information content (AvgIpc) is 2.71. The molecule has 0 aromatic carbocycles. The van der Waals surface area contributed by atoms with Crippen LogP contribution in [-0.4, -0.2) is 26.2 Å². The number of nitro groups is 1. The summed E-state index contributed by atoms with van der Waals surface area (Å²) >= 11 is 5.73. The molecule has 0 spiro atoms. The summed E-state index contributed by atoms with van der Waals surface area (Å²) in [6.45, 7) is 3.13. The van der Waals surface area contributed by atoms with Crippen LogP contribution in [0.15, 0.2) is 24.5 Å². The van der Waals surface area contributed by atoms with Crippen LogP contribution in [0.5, 0.6) is 0 Å². The van der Waals surface area contributed by atoms with Crippen molar-refractivity contribution < 1.29 is 4.92 Å². The number of anilines is 1. The second-order valence-electron chi connectivity index (χ2n) is 3.82. The lowest BCUT2D eigenvalue weighted by Crippen LogP contribution is -2.04. The van der Waals surface area contributed by atoms with Gasteiger partial charge < -0.3 is 15.4 Å². The summed E-state index contributed by atoms with van der Waals surface area (Å²) in [7, 11) is 0. The summed E-state index contributed by atoms with van der Waals surface area (Å²) in [6, 6.07) is 3.72. The molecule has 7 nitrogen and oxygen atoms in total. The Labute approximate surface area is 114 Å². The summed E-state index contributed by atoms with van der Waals surface area (Å²) in [5.41, 5.74) is 1.69. The fourth-order valence-corrected chi connectivity index (χ4v) is 1.86. The van der Waals surface area contributed by atoms with Crippen LogP contribution in [0.4, 0.5) is 11.5 Å². The first-order valence-corrected chi connectivity index (χ1v) is 6.04. The van der Waals surface area contributed by atoms with Crippen LogP contribution in [0.3, 0.4) is 0 Å². The Morgan fingerprint density at radius 3 is 3.00 bits per heavy atom. The third kappa shape index (κ3) is 3.19. The molecule has 2 aromatic heterocycles. The minimum absolute atomic E-state index is 0.0211. The largest absolute Gasteiger partial charge is 0.408 e. The van der Waals surface area contributed by atoms with Crippen LogP contribution in [0.2, 0.25) is 5.02 Å². The van der Waals surface area contributed by atoms with Crippen molar-refractivity contribution in [3.63, 3.8) is 0 Å². The number of nitrogens with one attached hydrogen (secondary N) is 1. The van der Waals surface area contributed by atoms with E-state index in [9.17, 15) is 10.1 Å². The van der Waals surface area contributed by atoms with Gasteiger partial charge in [-0.05, 0) is 24.0 Å². The van der Waals surface area contributed by atoms with Crippen molar-refractivity contribution in [2.45, 2.75) is 13.5 Å². The molecular weight excluding hydrogens is 270 g/mol. The third-order valence-electron chi connectivity index (χ3n) is 2.39. The second kappa shape index (κ2) is 5.66. The highest BCUT2D eigenvalue weighted by Gasteiger charge is 2.19. The Bertz CT molecular complexity index is 599. The van der Waals surface area contributed by atoms with Gasteiger partial charge in [-0.3, -0.25) is 4.98 Å². The summed E-state index contributed by atoms with van der Waals surface area (Å²) in [5.74, 6) is -0.343. The fraction of sp³-hybridized carbons (Fsp3) is 0.273. The van der Waals surface area contributed by atoms with E-state index >= 15 is 0 Å². The summed E-state index contributed by atoms with van der Waals surface area (Å²) in [6.07, 6.45) is 3.09. The monoisotopic (exact) mass is 281 g/mol. The van der Waals surface area contributed by atoms with Gasteiger partial charge in [0.2, 0.25) is 0 Å². The molecule has 0 unspecified atom stereocenters. The first-order valence-electron chi connectivity index (χ1n) is 5.66. The van der Waals surface area contributed by atoms with E-state index in [-0.39, 0.29) is 10.8 Å². The predicted molar refractivity (Wildman–Crippen MR) is 71.4 cm³/mol. The van der Waals surface area contributed by atoms with Crippen molar-refractivity contribution in [1.82, 2.24) is 14.8 Å². The van der Waals surface area contributed by atoms with Crippen LogP contribution >= 0.6 is 11.6 Å². The van der Waals surface area contributed by atoms with Crippen LogP contribution < -0.4 is 5.32 Å². The van der Waals surface area contributed by atoms with Crippen molar-refractivity contribution in [3.05, 3.63) is 45.4 Å². The molecule has 2 aromatic rings. The number of rotatable bonds is 5. The van der Waals surface area contributed by atoms with E-state index in [0.29, 0.717) is 6.54 Å². The topological polar surface area (TPSA) is 85.9 Å². The molecule has 0 saturated heterocycles. The molecule has 2 heterocycles. The van der Waals surface area contributed by atoms with Gasteiger partial charge in [0, 0.05) is 18.4 Å². The first-order chi connectivity index (χ1) is 9.10. The average molecular weight is 282 g/mol. The van der Waals surface area contributed by atoms with E-state index in [2.05, 4.69) is 15.4 Å². The van der Waals surface area contributed by atoms with Gasteiger partial charge in [0.05, 0.1) is 17.0 Å². The Balaban J connectivity index is 2.19. The van der Waals surface area contributed by atoms with E-state index < -0.39 is 4.92 Å². The minimum Gasteiger partial charge on any atom is -0.385 e. The molecule has 2 rings (SSSR count). The second-order valence-corrected chi connectivity index (χ2v) is 4.23. The van der Waals surface area contributed by atoms with Crippen LogP contribution in [-0.2, 0) is 6.54 Å². The van der Waals surface area contributed by atoms with Gasteiger partial charge in [-0.1, -0.05) is 11.6 Å². The number of nitrogens with zero attached hydrogens (tertiary/aromatic N) is 4. The van der Waals surface area contributed by atoms with Crippen LogP contribution in [0.25, 0.3) is 0 Å². The van der Waals surface area contributed by atoms with Crippen LogP contribution in [0.1, 0.15) is 12.6 Å². The number of pyridine rings is 1. The lowest BCUT2D eigenvalue weighted by molar-refractivity contribution is -0.389. The zero-order chi connectivity index (χ0) is 13.8. The molecule has 0 atom stereocenters. The highest BCUT2D eigenvalue weighted by molar-refractivity contribution is 6.32. The fourth-order valence-electron chi connectivity index (χ4n) is 1.64. The molecule has 19 heavy (non-hydrogen) atoms. The van der Waals surface area contributed by atoms with Gasteiger partial charge in [0.1, 0.15) is 6.54 Å². The Hall–Kier alpha value is -2.15. The lowest BCUT2D eigenvalue weighted by Gasteiger charge is -2.04. The minimum atomic E-state index is -0.610. The Morgan fingerprint density at radius 1 is 1.58 bits per heavy atom. The highest BCUT2D eigenvalue weighted by atomic mass is 35.5. The normalized spacial score (nSPS) is 10.4. The standard InChI is InChI=1S/C11H12ClN5O2/c1-2-13-8-3-4-14-9(5-8)6-16-7-10(12)11(15-16)17(18)19/h3-5,7H,2,6H2,1H3,(H,13,14). The molecule has 0 saturated carbocycles. The molecule has 0 aliphatic heterocycles. The molecule has 0 bridgehead atoms. The predicted octanol–water partition coefficient (Wildman–Crippen LogP) is 2.32. The van der Waals surface area contributed by atoms with E-state index in [1.165, 1.54) is 10.9 Å². The number of halogens is 1. The van der Waals surface area contributed by atoms with Crippen molar-refractivity contribution in [3.8, 4) is 0 Å². The first kappa shape index (κ1) is 13.3. The van der Waals surface area contributed by atoms with Gasteiger partial charge in [0.25, 0.3) is 0 Å². The maximum absolute atomic E-state index is 10.6. The molecule has 0 amide bonds. The van der Waals surface area contributed by atoms with Crippen molar-refractivity contribution in [1.29, 1.82) is 0 Å². The van der Waals surface area contributed by atoms with E-state index in [1.54, 1.807) is 6.20 Å². The van der Waals surface area contributed by atoms with Gasteiger partial charge in [-0.25, -0.2) is 0 Å². The van der Waals surface area contributed by atoms with Crippen molar-refractivity contribution >= 4 is 23.1 Å². The quantitative estimate of drug-likeness (QED) is 0.671. The summed E-state index contributed by atoms with van der Waals surface area (Å²) in [5, 5.41) is 17.6.